The quantitative estimate of drug-likeness (QED) is 0.461. The van der Waals surface area contributed by atoms with Crippen molar-refractivity contribution in [3.8, 4) is 0 Å². The fourth-order valence-corrected chi connectivity index (χ4v) is 2.70. The van der Waals surface area contributed by atoms with E-state index in [4.69, 9.17) is 0 Å². The molecule has 2 bridgehead atoms. The van der Waals surface area contributed by atoms with Gasteiger partial charge < -0.3 is 0 Å². The summed E-state index contributed by atoms with van der Waals surface area (Å²) in [6.07, 6.45) is 12.0. The molecule has 11 heavy (non-hydrogen) atoms. The Hall–Kier alpha value is -0.520. The van der Waals surface area contributed by atoms with Crippen LogP contribution in [-0.4, -0.2) is 0 Å². The summed E-state index contributed by atoms with van der Waals surface area (Å²) in [6.45, 7) is 0. The first-order valence-corrected chi connectivity index (χ1v) is 4.82. The van der Waals surface area contributed by atoms with Crippen molar-refractivity contribution >= 4 is 0 Å². The number of hydrogen-bond acceptors (Lipinski definition) is 0. The molecule has 0 aromatic heterocycles. The molecule has 0 aromatic rings. The summed E-state index contributed by atoms with van der Waals surface area (Å²) in [5, 5.41) is 0. The average Bonchev–Trinajstić information content (AvgIpc) is 2.42. The third-order valence-corrected chi connectivity index (χ3v) is 3.51. The maximum atomic E-state index is 2.44. The normalized spacial score (nSPS) is 40.0. The van der Waals surface area contributed by atoms with E-state index in [1.54, 1.807) is 0 Å². The monoisotopic (exact) mass is 146 g/mol. The predicted octanol–water partition coefficient (Wildman–Crippen LogP) is 3.06. The van der Waals surface area contributed by atoms with Crippen LogP contribution in [0.1, 0.15) is 32.1 Å². The molecule has 58 valence electrons. The summed E-state index contributed by atoms with van der Waals surface area (Å²) in [4.78, 5) is 0. The molecular formula is C11H14. The number of fused-ring (bicyclic) bond motifs is 2. The third kappa shape index (κ3) is 0.756. The van der Waals surface area contributed by atoms with Gasteiger partial charge in [-0.2, -0.15) is 0 Å². The zero-order chi connectivity index (χ0) is 7.26. The summed E-state index contributed by atoms with van der Waals surface area (Å²) < 4.78 is 0. The maximum absolute atomic E-state index is 2.44. The molecule has 3 aliphatic rings. The lowest BCUT2D eigenvalue weighted by molar-refractivity contribution is 0.630. The fraction of sp³-hybridized carbons (Fsp3) is 0.636. The van der Waals surface area contributed by atoms with Gasteiger partial charge >= 0.3 is 0 Å². The van der Waals surface area contributed by atoms with Gasteiger partial charge in [0.2, 0.25) is 0 Å². The average molecular weight is 146 g/mol. The molecule has 2 fully saturated rings. The highest BCUT2D eigenvalue weighted by Crippen LogP contribution is 2.47. The number of rotatable bonds is 0. The molecule has 0 nitrogen and oxygen atoms in total. The van der Waals surface area contributed by atoms with Crippen LogP contribution < -0.4 is 0 Å². The number of allylic oxidation sites excluding steroid dienone is 4. The van der Waals surface area contributed by atoms with Gasteiger partial charge in [-0.15, -0.1) is 0 Å². The molecule has 2 saturated carbocycles. The Morgan fingerprint density at radius 2 is 2.09 bits per heavy atom. The van der Waals surface area contributed by atoms with Crippen LogP contribution in [0.25, 0.3) is 0 Å². The van der Waals surface area contributed by atoms with Crippen molar-refractivity contribution in [2.75, 3.05) is 0 Å². The molecule has 0 heteroatoms. The van der Waals surface area contributed by atoms with Crippen molar-refractivity contribution in [2.24, 2.45) is 11.8 Å². The van der Waals surface area contributed by atoms with E-state index in [2.05, 4.69) is 12.2 Å². The summed E-state index contributed by atoms with van der Waals surface area (Å²) in [6, 6.07) is 0. The first-order chi connectivity index (χ1) is 5.43. The van der Waals surface area contributed by atoms with E-state index in [0.29, 0.717) is 0 Å². The third-order valence-electron chi connectivity index (χ3n) is 3.51. The molecule has 0 saturated heterocycles. The Morgan fingerprint density at radius 3 is 2.55 bits per heavy atom. The fourth-order valence-electron chi connectivity index (χ4n) is 2.70. The van der Waals surface area contributed by atoms with Crippen LogP contribution in [0.3, 0.4) is 0 Å². The van der Waals surface area contributed by atoms with E-state index in [1.165, 1.54) is 32.1 Å². The lowest BCUT2D eigenvalue weighted by Crippen LogP contribution is -2.05. The minimum Gasteiger partial charge on any atom is -0.0845 e. The van der Waals surface area contributed by atoms with Crippen molar-refractivity contribution in [1.82, 2.24) is 0 Å². The molecule has 2 atom stereocenters. The van der Waals surface area contributed by atoms with Gasteiger partial charge in [-0.1, -0.05) is 23.3 Å². The van der Waals surface area contributed by atoms with Gasteiger partial charge in [0.05, 0.1) is 0 Å². The highest BCUT2D eigenvalue weighted by Gasteiger charge is 2.33. The first-order valence-electron chi connectivity index (χ1n) is 4.82. The van der Waals surface area contributed by atoms with Gasteiger partial charge in [-0.3, -0.25) is 0 Å². The predicted molar refractivity (Wildman–Crippen MR) is 46.2 cm³/mol. The Kier molecular flexibility index (Phi) is 1.10. The van der Waals surface area contributed by atoms with Gasteiger partial charge in [0.1, 0.15) is 0 Å². The Morgan fingerprint density at radius 1 is 1.18 bits per heavy atom. The largest absolute Gasteiger partial charge is 0.0845 e. The Balaban J connectivity index is 1.96. The minimum absolute atomic E-state index is 0.885. The van der Waals surface area contributed by atoms with Crippen molar-refractivity contribution < 1.29 is 0 Å². The minimum atomic E-state index is 0.885. The zero-order valence-electron chi connectivity index (χ0n) is 6.84. The van der Waals surface area contributed by atoms with Crippen molar-refractivity contribution in [1.29, 1.82) is 0 Å². The standard InChI is InChI=1S/C11H14/c1-2-9(3-1)11-7-8-4-5-10(11)6-8/h4-5,8,10H,1-3,6-7H2. The second-order valence-electron chi connectivity index (χ2n) is 4.17. The van der Waals surface area contributed by atoms with Crippen LogP contribution >= 0.6 is 0 Å². The van der Waals surface area contributed by atoms with Crippen LogP contribution in [0, 0.1) is 11.8 Å². The Labute approximate surface area is 68.0 Å². The molecule has 0 amide bonds. The molecule has 3 aliphatic carbocycles. The molecule has 2 unspecified atom stereocenters. The maximum Gasteiger partial charge on any atom is -0.00146 e. The molecule has 0 heterocycles. The first kappa shape index (κ1) is 6.05. The van der Waals surface area contributed by atoms with E-state index in [9.17, 15) is 0 Å². The van der Waals surface area contributed by atoms with E-state index in [1.807, 2.05) is 11.1 Å². The lowest BCUT2D eigenvalue weighted by Gasteiger charge is -2.23. The number of hydrogen-bond donors (Lipinski definition) is 0. The van der Waals surface area contributed by atoms with Gasteiger partial charge in [-0.05, 0) is 43.9 Å². The summed E-state index contributed by atoms with van der Waals surface area (Å²) >= 11 is 0. The van der Waals surface area contributed by atoms with E-state index >= 15 is 0 Å². The molecule has 0 radical (unpaired) electrons. The van der Waals surface area contributed by atoms with E-state index < -0.39 is 0 Å². The van der Waals surface area contributed by atoms with Crippen LogP contribution in [0.5, 0.6) is 0 Å². The summed E-state index contributed by atoms with van der Waals surface area (Å²) in [7, 11) is 0. The van der Waals surface area contributed by atoms with Crippen molar-refractivity contribution in [3.63, 3.8) is 0 Å². The van der Waals surface area contributed by atoms with Crippen LogP contribution in [0.15, 0.2) is 23.3 Å². The van der Waals surface area contributed by atoms with E-state index in [-0.39, 0.29) is 0 Å². The summed E-state index contributed by atoms with van der Waals surface area (Å²) in [5.74, 6) is 1.82. The molecular weight excluding hydrogens is 132 g/mol. The van der Waals surface area contributed by atoms with Crippen molar-refractivity contribution in [3.05, 3.63) is 23.3 Å². The highest BCUT2D eigenvalue weighted by atomic mass is 14.4. The zero-order valence-corrected chi connectivity index (χ0v) is 6.84. The molecule has 0 aliphatic heterocycles. The molecule has 0 N–H and O–H groups in total. The summed E-state index contributed by atoms with van der Waals surface area (Å²) in [5.41, 5.74) is 3.66. The van der Waals surface area contributed by atoms with Gasteiger partial charge in [0.25, 0.3) is 0 Å². The Bertz CT molecular complexity index is 239. The smallest absolute Gasteiger partial charge is 0.00146 e. The van der Waals surface area contributed by atoms with Gasteiger partial charge in [0.15, 0.2) is 0 Å². The van der Waals surface area contributed by atoms with Crippen molar-refractivity contribution in [2.45, 2.75) is 32.1 Å². The van der Waals surface area contributed by atoms with Crippen LogP contribution in [0.4, 0.5) is 0 Å². The second-order valence-corrected chi connectivity index (χ2v) is 4.17. The van der Waals surface area contributed by atoms with Gasteiger partial charge in [0, 0.05) is 0 Å². The van der Waals surface area contributed by atoms with Crippen LogP contribution in [-0.2, 0) is 0 Å². The molecule has 3 rings (SSSR count). The highest BCUT2D eigenvalue weighted by molar-refractivity contribution is 5.33. The van der Waals surface area contributed by atoms with Crippen LogP contribution in [0.2, 0.25) is 0 Å². The molecule has 0 aromatic carbocycles. The van der Waals surface area contributed by atoms with Gasteiger partial charge in [-0.25, -0.2) is 0 Å². The topological polar surface area (TPSA) is 0 Å². The van der Waals surface area contributed by atoms with E-state index in [0.717, 1.165) is 11.8 Å². The second kappa shape index (κ2) is 2.00. The SMILES string of the molecule is C1=CC2CC1CC2=C1CCC1. The lowest BCUT2D eigenvalue weighted by atomic mass is 9.83. The molecule has 0 spiro atoms.